The van der Waals surface area contributed by atoms with Crippen molar-refractivity contribution in [2.45, 2.75) is 62.6 Å². The minimum absolute atomic E-state index is 0.0319. The lowest BCUT2D eigenvalue weighted by atomic mass is 10.1. The minimum Gasteiger partial charge on any atom is -0.352 e. The van der Waals surface area contributed by atoms with E-state index in [9.17, 15) is 18.0 Å². The molecule has 0 heterocycles. The summed E-state index contributed by atoms with van der Waals surface area (Å²) in [7, 11) is -4.25. The van der Waals surface area contributed by atoms with Crippen LogP contribution in [0.1, 0.15) is 44.6 Å². The molecule has 3 aromatic rings. The standard InChI is InChI=1S/C30H31Cl4N3O4S/c1-2-28(30(39)35-24-7-3-4-8-24)36(18-20-10-11-23(33)17-27(20)34)29(38)19-37(25-9-5-6-22(32)16-25)42(40,41)26-14-12-21(31)13-15-26/h5-6,9-17,24,28H,2-4,7-8,18-19H2,1H3,(H,35,39). The van der Waals surface area contributed by atoms with Crippen LogP contribution in [0.15, 0.2) is 71.6 Å². The highest BCUT2D eigenvalue weighted by Gasteiger charge is 2.35. The van der Waals surface area contributed by atoms with E-state index in [0.717, 1.165) is 30.0 Å². The van der Waals surface area contributed by atoms with E-state index in [1.165, 1.54) is 35.2 Å². The fraction of sp³-hybridized carbons (Fsp3) is 0.333. The van der Waals surface area contributed by atoms with E-state index in [1.54, 1.807) is 36.4 Å². The van der Waals surface area contributed by atoms with Gasteiger partial charge in [0.05, 0.1) is 10.6 Å². The third-order valence-corrected chi connectivity index (χ3v) is 10.1. The van der Waals surface area contributed by atoms with Crippen molar-refractivity contribution >= 4 is 73.9 Å². The van der Waals surface area contributed by atoms with Crippen molar-refractivity contribution in [3.8, 4) is 0 Å². The zero-order valence-electron chi connectivity index (χ0n) is 22.9. The molecule has 3 aromatic carbocycles. The second-order valence-corrected chi connectivity index (χ2v) is 13.7. The summed E-state index contributed by atoms with van der Waals surface area (Å²) in [4.78, 5) is 29.0. The normalized spacial score (nSPS) is 14.4. The highest BCUT2D eigenvalue weighted by Crippen LogP contribution is 2.29. The molecule has 1 N–H and O–H groups in total. The molecule has 0 bridgehead atoms. The summed E-state index contributed by atoms with van der Waals surface area (Å²) in [5.74, 6) is -0.885. The fourth-order valence-electron chi connectivity index (χ4n) is 5.01. The summed E-state index contributed by atoms with van der Waals surface area (Å²) in [6.45, 7) is 1.18. The summed E-state index contributed by atoms with van der Waals surface area (Å²) < 4.78 is 28.8. The predicted molar refractivity (Wildman–Crippen MR) is 169 cm³/mol. The number of anilines is 1. The Balaban J connectivity index is 1.73. The molecule has 2 amide bonds. The van der Waals surface area contributed by atoms with Crippen LogP contribution in [-0.4, -0.2) is 43.8 Å². The van der Waals surface area contributed by atoms with Crippen molar-refractivity contribution in [2.75, 3.05) is 10.8 Å². The Morgan fingerprint density at radius 3 is 2.17 bits per heavy atom. The molecular weight excluding hydrogens is 640 g/mol. The molecule has 1 fully saturated rings. The van der Waals surface area contributed by atoms with Crippen molar-refractivity contribution in [1.82, 2.24) is 10.2 Å². The van der Waals surface area contributed by atoms with Crippen LogP contribution in [0.25, 0.3) is 0 Å². The third kappa shape index (κ3) is 7.91. The van der Waals surface area contributed by atoms with Gasteiger partial charge in [0, 0.05) is 32.7 Å². The van der Waals surface area contributed by atoms with Crippen LogP contribution in [0.3, 0.4) is 0 Å². The van der Waals surface area contributed by atoms with Crippen LogP contribution >= 0.6 is 46.4 Å². The van der Waals surface area contributed by atoms with Gasteiger partial charge in [-0.1, -0.05) is 78.3 Å². The molecule has 1 aliphatic rings. The van der Waals surface area contributed by atoms with Crippen LogP contribution in [-0.2, 0) is 26.2 Å². The monoisotopic (exact) mass is 669 g/mol. The van der Waals surface area contributed by atoms with Gasteiger partial charge in [-0.15, -0.1) is 0 Å². The maximum Gasteiger partial charge on any atom is 0.264 e. The number of rotatable bonds is 11. The topological polar surface area (TPSA) is 86.8 Å². The Bertz CT molecular complexity index is 1530. The number of hydrogen-bond acceptors (Lipinski definition) is 4. The lowest BCUT2D eigenvalue weighted by Gasteiger charge is -2.34. The van der Waals surface area contributed by atoms with Gasteiger partial charge in [-0.2, -0.15) is 0 Å². The number of carbonyl (C=O) groups excluding carboxylic acids is 2. The Morgan fingerprint density at radius 1 is 0.905 bits per heavy atom. The quantitative estimate of drug-likeness (QED) is 0.231. The lowest BCUT2D eigenvalue weighted by molar-refractivity contribution is -0.140. The molecule has 1 atom stereocenters. The summed E-state index contributed by atoms with van der Waals surface area (Å²) >= 11 is 24.8. The summed E-state index contributed by atoms with van der Waals surface area (Å²) in [6.07, 6.45) is 4.11. The molecule has 42 heavy (non-hydrogen) atoms. The number of nitrogens with one attached hydrogen (secondary N) is 1. The summed E-state index contributed by atoms with van der Waals surface area (Å²) in [6, 6.07) is 15.9. The largest absolute Gasteiger partial charge is 0.352 e. The number of nitrogens with zero attached hydrogens (tertiary/aromatic N) is 2. The first-order valence-corrected chi connectivity index (χ1v) is 16.5. The molecule has 0 radical (unpaired) electrons. The lowest BCUT2D eigenvalue weighted by Crippen LogP contribution is -2.53. The van der Waals surface area contributed by atoms with E-state index in [1.807, 2.05) is 6.92 Å². The van der Waals surface area contributed by atoms with Crippen LogP contribution in [0, 0.1) is 0 Å². The Kier molecular flexibility index (Phi) is 11.1. The first kappa shape index (κ1) is 32.4. The van der Waals surface area contributed by atoms with Gasteiger partial charge in [-0.05, 0) is 79.4 Å². The molecule has 12 heteroatoms. The zero-order chi connectivity index (χ0) is 30.4. The van der Waals surface area contributed by atoms with Gasteiger partial charge in [0.25, 0.3) is 10.0 Å². The van der Waals surface area contributed by atoms with Crippen molar-refractivity contribution in [2.24, 2.45) is 0 Å². The average Bonchev–Trinajstić information content (AvgIpc) is 3.45. The van der Waals surface area contributed by atoms with Crippen molar-refractivity contribution in [3.05, 3.63) is 92.4 Å². The van der Waals surface area contributed by atoms with Gasteiger partial charge in [-0.25, -0.2) is 8.42 Å². The van der Waals surface area contributed by atoms with E-state index in [2.05, 4.69) is 5.32 Å². The summed E-state index contributed by atoms with van der Waals surface area (Å²) in [5.41, 5.74) is 0.759. The van der Waals surface area contributed by atoms with Crippen molar-refractivity contribution in [1.29, 1.82) is 0 Å². The van der Waals surface area contributed by atoms with Gasteiger partial charge in [0.1, 0.15) is 12.6 Å². The predicted octanol–water partition coefficient (Wildman–Crippen LogP) is 7.36. The van der Waals surface area contributed by atoms with Crippen LogP contribution in [0.2, 0.25) is 20.1 Å². The van der Waals surface area contributed by atoms with E-state index >= 15 is 0 Å². The highest BCUT2D eigenvalue weighted by atomic mass is 35.5. The van der Waals surface area contributed by atoms with Gasteiger partial charge in [-0.3, -0.25) is 13.9 Å². The maximum atomic E-state index is 14.2. The first-order valence-electron chi connectivity index (χ1n) is 13.6. The highest BCUT2D eigenvalue weighted by molar-refractivity contribution is 7.92. The van der Waals surface area contributed by atoms with E-state index in [-0.39, 0.29) is 29.1 Å². The molecule has 0 saturated heterocycles. The number of benzene rings is 3. The minimum atomic E-state index is -4.25. The second-order valence-electron chi connectivity index (χ2n) is 10.1. The molecule has 1 aliphatic carbocycles. The van der Waals surface area contributed by atoms with Gasteiger partial charge in [0.15, 0.2) is 0 Å². The number of carbonyl (C=O) groups is 2. The summed E-state index contributed by atoms with van der Waals surface area (Å²) in [5, 5.41) is 4.49. The molecular formula is C30H31Cl4N3O4S. The number of amides is 2. The molecule has 4 rings (SSSR count). The third-order valence-electron chi connectivity index (χ3n) is 7.22. The van der Waals surface area contributed by atoms with Crippen molar-refractivity contribution < 1.29 is 18.0 Å². The molecule has 1 unspecified atom stereocenters. The first-order chi connectivity index (χ1) is 20.0. The Labute approximate surface area is 266 Å². The number of halogens is 4. The Hall–Kier alpha value is -2.49. The molecule has 0 spiro atoms. The number of sulfonamides is 1. The van der Waals surface area contributed by atoms with E-state index in [0.29, 0.717) is 32.1 Å². The SMILES string of the molecule is CCC(C(=O)NC1CCCC1)N(Cc1ccc(Cl)cc1Cl)C(=O)CN(c1cccc(Cl)c1)S(=O)(=O)c1ccc(Cl)cc1. The average molecular weight is 671 g/mol. The molecule has 0 aromatic heterocycles. The smallest absolute Gasteiger partial charge is 0.264 e. The molecule has 1 saturated carbocycles. The van der Waals surface area contributed by atoms with Crippen LogP contribution < -0.4 is 9.62 Å². The van der Waals surface area contributed by atoms with Gasteiger partial charge < -0.3 is 10.2 Å². The molecule has 7 nitrogen and oxygen atoms in total. The Morgan fingerprint density at radius 2 is 1.55 bits per heavy atom. The van der Waals surface area contributed by atoms with Gasteiger partial charge in [0.2, 0.25) is 11.8 Å². The van der Waals surface area contributed by atoms with Crippen molar-refractivity contribution in [3.63, 3.8) is 0 Å². The maximum absolute atomic E-state index is 14.2. The van der Waals surface area contributed by atoms with Crippen LogP contribution in [0.5, 0.6) is 0 Å². The number of hydrogen-bond donors (Lipinski definition) is 1. The van der Waals surface area contributed by atoms with E-state index in [4.69, 9.17) is 46.4 Å². The fourth-order valence-corrected chi connectivity index (χ4v) is 7.20. The van der Waals surface area contributed by atoms with E-state index < -0.39 is 28.5 Å². The molecule has 224 valence electrons. The zero-order valence-corrected chi connectivity index (χ0v) is 26.7. The van der Waals surface area contributed by atoms with Gasteiger partial charge >= 0.3 is 0 Å². The molecule has 0 aliphatic heterocycles. The van der Waals surface area contributed by atoms with Crippen LogP contribution in [0.4, 0.5) is 5.69 Å². The second kappa shape index (κ2) is 14.3.